The SMILES string of the molecule is COC(=O)c1c(Br)c(-c2cccnc2)n(C(C)C)c1C. The maximum atomic E-state index is 12.0. The lowest BCUT2D eigenvalue weighted by atomic mass is 10.2. The first-order valence-electron chi connectivity index (χ1n) is 6.38. The van der Waals surface area contributed by atoms with Crippen molar-refractivity contribution < 1.29 is 9.53 Å². The zero-order valence-corrected chi connectivity index (χ0v) is 13.6. The number of hydrogen-bond acceptors (Lipinski definition) is 3. The van der Waals surface area contributed by atoms with E-state index in [9.17, 15) is 4.79 Å². The second-order valence-corrected chi connectivity index (χ2v) is 5.61. The standard InChI is InChI=1S/C15H17BrN2O2/c1-9(2)18-10(3)12(15(19)20-4)13(16)14(18)11-6-5-7-17-8-11/h5-9H,1-4H3. The van der Waals surface area contributed by atoms with Crippen molar-refractivity contribution in [2.75, 3.05) is 7.11 Å². The first-order valence-corrected chi connectivity index (χ1v) is 7.17. The van der Waals surface area contributed by atoms with Crippen LogP contribution in [0.25, 0.3) is 11.3 Å². The number of methoxy groups -OCH3 is 1. The molecule has 5 heteroatoms. The van der Waals surface area contributed by atoms with Crippen molar-refractivity contribution in [2.45, 2.75) is 26.8 Å². The predicted octanol–water partition coefficient (Wildman–Crippen LogP) is 3.99. The normalized spacial score (nSPS) is 10.9. The quantitative estimate of drug-likeness (QED) is 0.796. The first kappa shape index (κ1) is 14.8. The van der Waals surface area contributed by atoms with Crippen molar-refractivity contribution in [2.24, 2.45) is 0 Å². The third-order valence-electron chi connectivity index (χ3n) is 3.23. The zero-order valence-electron chi connectivity index (χ0n) is 12.0. The van der Waals surface area contributed by atoms with E-state index >= 15 is 0 Å². The predicted molar refractivity (Wildman–Crippen MR) is 81.8 cm³/mol. The Hall–Kier alpha value is -1.62. The van der Waals surface area contributed by atoms with Gasteiger partial charge in [0.2, 0.25) is 0 Å². The molecule has 20 heavy (non-hydrogen) atoms. The van der Waals surface area contributed by atoms with E-state index in [1.807, 2.05) is 19.1 Å². The highest BCUT2D eigenvalue weighted by atomic mass is 79.9. The van der Waals surface area contributed by atoms with Gasteiger partial charge >= 0.3 is 5.97 Å². The molecule has 0 aromatic carbocycles. The van der Waals surface area contributed by atoms with Crippen LogP contribution in [0.2, 0.25) is 0 Å². The fraction of sp³-hybridized carbons (Fsp3) is 0.333. The summed E-state index contributed by atoms with van der Waals surface area (Å²) in [6, 6.07) is 4.08. The molecule has 0 aliphatic carbocycles. The van der Waals surface area contributed by atoms with Gasteiger partial charge in [-0.15, -0.1) is 0 Å². The van der Waals surface area contributed by atoms with Gasteiger partial charge < -0.3 is 9.30 Å². The third-order valence-corrected chi connectivity index (χ3v) is 4.00. The Bertz CT molecular complexity index is 633. The molecule has 0 aliphatic rings. The van der Waals surface area contributed by atoms with Gasteiger partial charge in [-0.05, 0) is 48.8 Å². The zero-order chi connectivity index (χ0) is 14.9. The number of rotatable bonds is 3. The van der Waals surface area contributed by atoms with Crippen molar-refractivity contribution in [3.8, 4) is 11.3 Å². The summed E-state index contributed by atoms with van der Waals surface area (Å²) in [5, 5.41) is 0. The number of nitrogens with zero attached hydrogens (tertiary/aromatic N) is 2. The van der Waals surface area contributed by atoms with E-state index in [4.69, 9.17) is 4.74 Å². The minimum Gasteiger partial charge on any atom is -0.465 e. The Labute approximate surface area is 126 Å². The molecule has 0 saturated carbocycles. The van der Waals surface area contributed by atoms with Crippen molar-refractivity contribution >= 4 is 21.9 Å². The van der Waals surface area contributed by atoms with Crippen LogP contribution in [0.3, 0.4) is 0 Å². The highest BCUT2D eigenvalue weighted by Crippen LogP contribution is 2.38. The summed E-state index contributed by atoms with van der Waals surface area (Å²) >= 11 is 3.55. The van der Waals surface area contributed by atoms with Crippen LogP contribution in [0.4, 0.5) is 0 Å². The lowest BCUT2D eigenvalue weighted by molar-refractivity contribution is 0.0599. The highest BCUT2D eigenvalue weighted by Gasteiger charge is 2.26. The van der Waals surface area contributed by atoms with E-state index in [0.29, 0.717) is 5.56 Å². The van der Waals surface area contributed by atoms with E-state index in [2.05, 4.69) is 39.3 Å². The Morgan fingerprint density at radius 3 is 2.65 bits per heavy atom. The van der Waals surface area contributed by atoms with Crippen molar-refractivity contribution in [1.82, 2.24) is 9.55 Å². The smallest absolute Gasteiger partial charge is 0.340 e. The van der Waals surface area contributed by atoms with Crippen molar-refractivity contribution in [3.05, 3.63) is 40.3 Å². The summed E-state index contributed by atoms with van der Waals surface area (Å²) < 4.78 is 7.76. The average Bonchev–Trinajstić information content (AvgIpc) is 2.70. The van der Waals surface area contributed by atoms with E-state index < -0.39 is 0 Å². The Morgan fingerprint density at radius 2 is 2.15 bits per heavy atom. The van der Waals surface area contributed by atoms with Gasteiger partial charge in [0.05, 0.1) is 22.8 Å². The minimum atomic E-state index is -0.334. The van der Waals surface area contributed by atoms with Crippen LogP contribution in [0.5, 0.6) is 0 Å². The molecular weight excluding hydrogens is 320 g/mol. The van der Waals surface area contributed by atoms with E-state index in [1.54, 1.807) is 12.4 Å². The summed E-state index contributed by atoms with van der Waals surface area (Å²) in [5.74, 6) is -0.334. The fourth-order valence-electron chi connectivity index (χ4n) is 2.42. The molecule has 4 nitrogen and oxygen atoms in total. The van der Waals surface area contributed by atoms with Gasteiger partial charge in [-0.2, -0.15) is 0 Å². The number of aromatic nitrogens is 2. The number of carbonyl (C=O) groups excluding carboxylic acids is 1. The molecule has 0 spiro atoms. The van der Waals surface area contributed by atoms with Crippen LogP contribution in [0.1, 0.15) is 35.9 Å². The molecule has 0 aliphatic heterocycles. The first-order chi connectivity index (χ1) is 9.49. The molecule has 0 radical (unpaired) electrons. The highest BCUT2D eigenvalue weighted by molar-refractivity contribution is 9.10. The third kappa shape index (κ3) is 2.38. The van der Waals surface area contributed by atoms with Crippen LogP contribution in [0.15, 0.2) is 29.0 Å². The second-order valence-electron chi connectivity index (χ2n) is 4.82. The number of pyridine rings is 1. The fourth-order valence-corrected chi connectivity index (χ4v) is 3.29. The molecule has 0 unspecified atom stereocenters. The van der Waals surface area contributed by atoms with Crippen molar-refractivity contribution in [3.63, 3.8) is 0 Å². The second kappa shape index (κ2) is 5.79. The van der Waals surface area contributed by atoms with Crippen LogP contribution >= 0.6 is 15.9 Å². The van der Waals surface area contributed by atoms with Gasteiger partial charge in [-0.3, -0.25) is 4.98 Å². The molecule has 2 aromatic rings. The minimum absolute atomic E-state index is 0.222. The maximum absolute atomic E-state index is 12.0. The topological polar surface area (TPSA) is 44.1 Å². The van der Waals surface area contributed by atoms with Gasteiger partial charge in [0.25, 0.3) is 0 Å². The molecule has 0 N–H and O–H groups in total. The number of halogens is 1. The van der Waals surface area contributed by atoms with Crippen LogP contribution in [0, 0.1) is 6.92 Å². The summed E-state index contributed by atoms with van der Waals surface area (Å²) in [7, 11) is 1.39. The van der Waals surface area contributed by atoms with Crippen LogP contribution in [-0.4, -0.2) is 22.6 Å². The van der Waals surface area contributed by atoms with Crippen LogP contribution < -0.4 is 0 Å². The lowest BCUT2D eigenvalue weighted by Crippen LogP contribution is -2.07. The lowest BCUT2D eigenvalue weighted by Gasteiger charge is -2.15. The molecule has 0 bridgehead atoms. The van der Waals surface area contributed by atoms with Gasteiger partial charge in [-0.25, -0.2) is 4.79 Å². The Kier molecular flexibility index (Phi) is 4.28. The molecule has 0 amide bonds. The molecule has 2 rings (SSSR count). The summed E-state index contributed by atoms with van der Waals surface area (Å²) in [5.41, 5.74) is 3.37. The van der Waals surface area contributed by atoms with Gasteiger partial charge in [-0.1, -0.05) is 0 Å². The molecule has 106 valence electrons. The number of hydrogen-bond donors (Lipinski definition) is 0. The maximum Gasteiger partial charge on any atom is 0.340 e. The molecule has 0 saturated heterocycles. The molecule has 2 aromatic heterocycles. The molecule has 0 fully saturated rings. The number of ether oxygens (including phenoxy) is 1. The van der Waals surface area contributed by atoms with E-state index in [1.165, 1.54) is 7.11 Å². The number of esters is 1. The monoisotopic (exact) mass is 336 g/mol. The molecule has 0 atom stereocenters. The van der Waals surface area contributed by atoms with Gasteiger partial charge in [0, 0.05) is 29.7 Å². The van der Waals surface area contributed by atoms with Crippen LogP contribution in [-0.2, 0) is 4.74 Å². The van der Waals surface area contributed by atoms with Gasteiger partial charge in [0.15, 0.2) is 0 Å². The summed E-state index contributed by atoms with van der Waals surface area (Å²) in [6.45, 7) is 6.09. The van der Waals surface area contributed by atoms with E-state index in [-0.39, 0.29) is 12.0 Å². The molecule has 2 heterocycles. The van der Waals surface area contributed by atoms with E-state index in [0.717, 1.165) is 21.4 Å². The average molecular weight is 337 g/mol. The number of carbonyl (C=O) groups is 1. The van der Waals surface area contributed by atoms with Crippen molar-refractivity contribution in [1.29, 1.82) is 0 Å². The Morgan fingerprint density at radius 1 is 1.45 bits per heavy atom. The Balaban J connectivity index is 2.77. The largest absolute Gasteiger partial charge is 0.465 e. The molecular formula is C15H17BrN2O2. The summed E-state index contributed by atoms with van der Waals surface area (Å²) in [4.78, 5) is 16.1. The van der Waals surface area contributed by atoms with Gasteiger partial charge in [0.1, 0.15) is 0 Å². The summed E-state index contributed by atoms with van der Waals surface area (Å²) in [6.07, 6.45) is 3.52.